The third-order valence-electron chi connectivity index (χ3n) is 9.84. The first-order chi connectivity index (χ1) is 9.36. The monoisotopic (exact) mass is 272 g/mol. The second-order valence-corrected chi connectivity index (χ2v) is 9.92. The SMILES string of the molecule is SC1C(C2CC3C4CCC4C32)C2C1C1C3CCC3C12. The number of fused-ring (bicyclic) bond motifs is 11. The highest BCUT2D eigenvalue weighted by Gasteiger charge is 2.79. The van der Waals surface area contributed by atoms with Gasteiger partial charge in [0.2, 0.25) is 0 Å². The van der Waals surface area contributed by atoms with Crippen molar-refractivity contribution in [2.24, 2.45) is 71.0 Å². The van der Waals surface area contributed by atoms with Crippen LogP contribution >= 0.6 is 12.6 Å². The van der Waals surface area contributed by atoms with Crippen LogP contribution in [-0.2, 0) is 0 Å². The highest BCUT2D eigenvalue weighted by molar-refractivity contribution is 7.81. The molecule has 0 radical (unpaired) electrons. The van der Waals surface area contributed by atoms with Crippen molar-refractivity contribution in [2.75, 3.05) is 0 Å². The van der Waals surface area contributed by atoms with Crippen LogP contribution in [0.2, 0.25) is 0 Å². The van der Waals surface area contributed by atoms with Crippen molar-refractivity contribution in [3.63, 3.8) is 0 Å². The van der Waals surface area contributed by atoms with Gasteiger partial charge in [0.25, 0.3) is 0 Å². The summed E-state index contributed by atoms with van der Waals surface area (Å²) < 4.78 is 0. The van der Waals surface area contributed by atoms with Crippen molar-refractivity contribution >= 4 is 12.6 Å². The minimum Gasteiger partial charge on any atom is -0.175 e. The molecule has 0 aromatic rings. The molecule has 0 saturated heterocycles. The second-order valence-electron chi connectivity index (χ2n) is 9.33. The maximum Gasteiger partial charge on any atom is 0.00846 e. The van der Waals surface area contributed by atoms with Gasteiger partial charge < -0.3 is 0 Å². The van der Waals surface area contributed by atoms with Crippen molar-refractivity contribution < 1.29 is 0 Å². The summed E-state index contributed by atoms with van der Waals surface area (Å²) >= 11 is 5.10. The van der Waals surface area contributed by atoms with Crippen LogP contribution in [0.5, 0.6) is 0 Å². The average Bonchev–Trinajstić information content (AvgIpc) is 2.33. The summed E-state index contributed by atoms with van der Waals surface area (Å²) in [7, 11) is 0. The van der Waals surface area contributed by atoms with Gasteiger partial charge in [-0.15, -0.1) is 0 Å². The summed E-state index contributed by atoms with van der Waals surface area (Å²) in [6.07, 6.45) is 7.99. The number of hydrogen-bond acceptors (Lipinski definition) is 1. The summed E-state index contributed by atoms with van der Waals surface area (Å²) in [5.74, 6) is 14.1. The van der Waals surface area contributed by atoms with Crippen LogP contribution in [0.1, 0.15) is 32.1 Å². The largest absolute Gasteiger partial charge is 0.175 e. The van der Waals surface area contributed by atoms with E-state index in [-0.39, 0.29) is 0 Å². The number of hydrogen-bond donors (Lipinski definition) is 1. The third kappa shape index (κ3) is 0.799. The standard InChI is InChI=1S/C18H24S/c19-18-15(11-5-10-6-1-2-7(6)12(10)11)16-13-8-3-4-9(8)14(13)17(16)18/h6-19H,1-5H2. The Morgan fingerprint density at radius 3 is 1.74 bits per heavy atom. The lowest BCUT2D eigenvalue weighted by atomic mass is 9.23. The Labute approximate surface area is 121 Å². The van der Waals surface area contributed by atoms with E-state index in [0.29, 0.717) is 0 Å². The summed E-state index contributed by atoms with van der Waals surface area (Å²) in [6, 6.07) is 0. The van der Waals surface area contributed by atoms with E-state index in [1.54, 1.807) is 32.1 Å². The summed E-state index contributed by atoms with van der Waals surface area (Å²) in [5.41, 5.74) is 0. The molecule has 0 heterocycles. The summed E-state index contributed by atoms with van der Waals surface area (Å²) in [6.45, 7) is 0. The number of rotatable bonds is 1. The summed E-state index contributed by atoms with van der Waals surface area (Å²) in [4.78, 5) is 0. The van der Waals surface area contributed by atoms with Crippen LogP contribution in [0.25, 0.3) is 0 Å². The first-order valence-corrected chi connectivity index (χ1v) is 9.56. The zero-order valence-corrected chi connectivity index (χ0v) is 12.4. The molecule has 0 aromatic heterocycles. The molecule has 7 saturated carbocycles. The van der Waals surface area contributed by atoms with Gasteiger partial charge in [0, 0.05) is 5.25 Å². The lowest BCUT2D eigenvalue weighted by Gasteiger charge is -2.83. The second kappa shape index (κ2) is 2.81. The maximum absolute atomic E-state index is 5.10. The quantitative estimate of drug-likeness (QED) is 0.691. The van der Waals surface area contributed by atoms with E-state index in [4.69, 9.17) is 12.6 Å². The predicted octanol–water partition coefficient (Wildman–Crippen LogP) is 3.72. The van der Waals surface area contributed by atoms with Crippen LogP contribution < -0.4 is 0 Å². The van der Waals surface area contributed by atoms with Gasteiger partial charge in [-0.05, 0) is 103 Å². The maximum atomic E-state index is 5.10. The minimum atomic E-state index is 0.831. The van der Waals surface area contributed by atoms with E-state index in [0.717, 1.165) is 23.0 Å². The van der Waals surface area contributed by atoms with E-state index in [9.17, 15) is 0 Å². The molecule has 0 bridgehead atoms. The van der Waals surface area contributed by atoms with Gasteiger partial charge in [-0.2, -0.15) is 12.6 Å². The summed E-state index contributed by atoms with van der Waals surface area (Å²) in [5, 5.41) is 0.831. The van der Waals surface area contributed by atoms with E-state index in [2.05, 4.69) is 0 Å². The molecule has 0 N–H and O–H groups in total. The van der Waals surface area contributed by atoms with E-state index < -0.39 is 0 Å². The molecule has 13 atom stereocenters. The van der Waals surface area contributed by atoms with Gasteiger partial charge in [-0.25, -0.2) is 0 Å². The van der Waals surface area contributed by atoms with Gasteiger partial charge >= 0.3 is 0 Å². The molecule has 7 aliphatic carbocycles. The average molecular weight is 272 g/mol. The number of thiol groups is 1. The van der Waals surface area contributed by atoms with E-state index >= 15 is 0 Å². The predicted molar refractivity (Wildman–Crippen MR) is 77.7 cm³/mol. The van der Waals surface area contributed by atoms with Gasteiger partial charge in [0.15, 0.2) is 0 Å². The highest BCUT2D eigenvalue weighted by atomic mass is 32.1. The molecule has 7 rings (SSSR count). The fourth-order valence-corrected chi connectivity index (χ4v) is 9.72. The molecule has 1 heteroatoms. The zero-order valence-electron chi connectivity index (χ0n) is 11.5. The minimum absolute atomic E-state index is 0.831. The molecule has 102 valence electrons. The van der Waals surface area contributed by atoms with Gasteiger partial charge in [-0.3, -0.25) is 0 Å². The van der Waals surface area contributed by atoms with Crippen molar-refractivity contribution in [3.05, 3.63) is 0 Å². The molecule has 0 nitrogen and oxygen atoms in total. The van der Waals surface area contributed by atoms with E-state index in [1.807, 2.05) is 0 Å². The molecule has 0 aliphatic heterocycles. The lowest BCUT2D eigenvalue weighted by Crippen LogP contribution is -2.80. The van der Waals surface area contributed by atoms with Gasteiger partial charge in [0.1, 0.15) is 0 Å². The van der Waals surface area contributed by atoms with Crippen LogP contribution in [0.4, 0.5) is 0 Å². The van der Waals surface area contributed by atoms with Gasteiger partial charge in [-0.1, -0.05) is 0 Å². The fraction of sp³-hybridized carbons (Fsp3) is 1.00. The van der Waals surface area contributed by atoms with Crippen molar-refractivity contribution in [1.29, 1.82) is 0 Å². The Balaban J connectivity index is 1.16. The van der Waals surface area contributed by atoms with Gasteiger partial charge in [0.05, 0.1) is 0 Å². The molecule has 0 amide bonds. The molecule has 13 unspecified atom stereocenters. The third-order valence-corrected chi connectivity index (χ3v) is 10.5. The van der Waals surface area contributed by atoms with Crippen LogP contribution in [0.15, 0.2) is 0 Å². The zero-order chi connectivity index (χ0) is 12.0. The molecule has 7 aliphatic rings. The smallest absolute Gasteiger partial charge is 0.00846 e. The van der Waals surface area contributed by atoms with Crippen LogP contribution in [0, 0.1) is 71.0 Å². The molecule has 0 spiro atoms. The fourth-order valence-electron chi connectivity index (χ4n) is 8.91. The Bertz CT molecular complexity index is 465. The Kier molecular flexibility index (Phi) is 1.50. The Morgan fingerprint density at radius 1 is 0.474 bits per heavy atom. The first kappa shape index (κ1) is 10.1. The molecule has 7 fully saturated rings. The molecular formula is C18H24S. The Morgan fingerprint density at radius 2 is 1.11 bits per heavy atom. The van der Waals surface area contributed by atoms with Crippen LogP contribution in [0.3, 0.4) is 0 Å². The Hall–Kier alpha value is 0.350. The molecule has 19 heavy (non-hydrogen) atoms. The first-order valence-electron chi connectivity index (χ1n) is 9.04. The van der Waals surface area contributed by atoms with Crippen LogP contribution in [-0.4, -0.2) is 5.25 Å². The molecule has 0 aromatic carbocycles. The lowest BCUT2D eigenvalue weighted by molar-refractivity contribution is -0.337. The topological polar surface area (TPSA) is 0 Å². The molecular weight excluding hydrogens is 248 g/mol. The highest BCUT2D eigenvalue weighted by Crippen LogP contribution is 2.82. The van der Waals surface area contributed by atoms with Crippen molar-refractivity contribution in [3.8, 4) is 0 Å². The van der Waals surface area contributed by atoms with Crippen molar-refractivity contribution in [1.82, 2.24) is 0 Å². The normalized spacial score (nSPS) is 80.4. The van der Waals surface area contributed by atoms with Crippen molar-refractivity contribution in [2.45, 2.75) is 37.4 Å². The van der Waals surface area contributed by atoms with E-state index in [1.165, 1.54) is 53.3 Å².